The summed E-state index contributed by atoms with van der Waals surface area (Å²) in [6.07, 6.45) is 0. The number of nitrogens with one attached hydrogen (secondary N) is 1. The first-order valence-electron chi connectivity index (χ1n) is 9.15. The fraction of sp³-hybridized carbons (Fsp3) is 0.0952. The summed E-state index contributed by atoms with van der Waals surface area (Å²) in [5.74, 6) is 1.01. The lowest BCUT2D eigenvalue weighted by molar-refractivity contribution is -0.384. The summed E-state index contributed by atoms with van der Waals surface area (Å²) in [5.41, 5.74) is 2.50. The number of rotatable bonds is 7. The highest BCUT2D eigenvalue weighted by atomic mass is 32.2. The maximum atomic E-state index is 12.9. The van der Waals surface area contributed by atoms with Crippen LogP contribution in [-0.4, -0.2) is 21.0 Å². The summed E-state index contributed by atoms with van der Waals surface area (Å²) in [6, 6.07) is 15.4. The highest BCUT2D eigenvalue weighted by Crippen LogP contribution is 2.30. The molecular formula is C21H16N4O4S2. The number of anilines is 1. The number of carbonyl (C=O) groups is 1. The van der Waals surface area contributed by atoms with E-state index < -0.39 is 4.92 Å². The second-order valence-electron chi connectivity index (χ2n) is 6.52. The molecule has 0 spiro atoms. The van der Waals surface area contributed by atoms with Crippen molar-refractivity contribution in [1.82, 2.24) is 10.1 Å². The van der Waals surface area contributed by atoms with Crippen molar-refractivity contribution in [1.29, 1.82) is 0 Å². The molecule has 0 saturated carbocycles. The first-order valence-corrected chi connectivity index (χ1v) is 11.0. The van der Waals surface area contributed by atoms with Crippen LogP contribution < -0.4 is 5.32 Å². The van der Waals surface area contributed by atoms with E-state index in [1.807, 2.05) is 25.1 Å². The van der Waals surface area contributed by atoms with Crippen molar-refractivity contribution >= 4 is 39.8 Å². The molecule has 0 radical (unpaired) electrons. The van der Waals surface area contributed by atoms with Gasteiger partial charge < -0.3 is 4.52 Å². The number of aryl methyl sites for hydroxylation is 1. The van der Waals surface area contributed by atoms with Crippen LogP contribution in [-0.2, 0) is 5.75 Å². The van der Waals surface area contributed by atoms with Crippen LogP contribution in [0, 0.1) is 17.0 Å². The van der Waals surface area contributed by atoms with E-state index in [-0.39, 0.29) is 11.6 Å². The van der Waals surface area contributed by atoms with E-state index in [0.29, 0.717) is 27.7 Å². The Morgan fingerprint density at radius 2 is 2.06 bits per heavy atom. The molecule has 8 nitrogen and oxygen atoms in total. The highest BCUT2D eigenvalue weighted by molar-refractivity contribution is 7.98. The number of aromatic nitrogens is 2. The van der Waals surface area contributed by atoms with Gasteiger partial charge in [0.05, 0.1) is 27.6 Å². The van der Waals surface area contributed by atoms with E-state index in [2.05, 4.69) is 15.5 Å². The molecule has 4 aromatic rings. The SMILES string of the molecule is Cc1cc(CSc2ccccc2C(=O)Nc2nc(-c3cccc([N+](=O)[O-])c3)cs2)on1. The molecule has 1 amide bonds. The fourth-order valence-electron chi connectivity index (χ4n) is 2.82. The summed E-state index contributed by atoms with van der Waals surface area (Å²) >= 11 is 2.74. The third-order valence-corrected chi connectivity index (χ3v) is 6.11. The number of nitrogens with zero attached hydrogens (tertiary/aromatic N) is 3. The maximum Gasteiger partial charge on any atom is 0.270 e. The number of carbonyl (C=O) groups excluding carboxylic acids is 1. The van der Waals surface area contributed by atoms with Crippen LogP contribution in [0.1, 0.15) is 21.8 Å². The number of hydrogen-bond acceptors (Lipinski definition) is 8. The molecule has 0 aliphatic heterocycles. The van der Waals surface area contributed by atoms with E-state index in [9.17, 15) is 14.9 Å². The molecule has 0 aliphatic carbocycles. The van der Waals surface area contributed by atoms with Gasteiger partial charge in [-0.15, -0.1) is 23.1 Å². The molecule has 10 heteroatoms. The zero-order valence-corrected chi connectivity index (χ0v) is 17.9. The molecular weight excluding hydrogens is 436 g/mol. The number of hydrogen-bond donors (Lipinski definition) is 1. The molecule has 0 bridgehead atoms. The lowest BCUT2D eigenvalue weighted by Crippen LogP contribution is -2.12. The van der Waals surface area contributed by atoms with Crippen molar-refractivity contribution in [3.8, 4) is 11.3 Å². The number of nitro groups is 1. The first kappa shape index (κ1) is 20.8. The zero-order chi connectivity index (χ0) is 21.8. The van der Waals surface area contributed by atoms with Gasteiger partial charge in [-0.3, -0.25) is 20.2 Å². The summed E-state index contributed by atoms with van der Waals surface area (Å²) in [4.78, 5) is 28.6. The molecule has 1 N–H and O–H groups in total. The third-order valence-electron chi connectivity index (χ3n) is 4.26. The number of thioether (sulfide) groups is 1. The monoisotopic (exact) mass is 452 g/mol. The van der Waals surface area contributed by atoms with Gasteiger partial charge in [-0.25, -0.2) is 4.98 Å². The summed E-state index contributed by atoms with van der Waals surface area (Å²) in [6.45, 7) is 1.86. The number of amides is 1. The van der Waals surface area contributed by atoms with Gasteiger partial charge >= 0.3 is 0 Å². The van der Waals surface area contributed by atoms with Crippen molar-refractivity contribution in [2.24, 2.45) is 0 Å². The normalized spacial score (nSPS) is 10.7. The van der Waals surface area contributed by atoms with Gasteiger partial charge in [-0.2, -0.15) is 0 Å². The Labute approximate surface area is 185 Å². The average molecular weight is 453 g/mol. The molecule has 31 heavy (non-hydrogen) atoms. The van der Waals surface area contributed by atoms with E-state index in [1.165, 1.54) is 35.2 Å². The summed E-state index contributed by atoms with van der Waals surface area (Å²) in [5, 5.41) is 19.8. The second-order valence-corrected chi connectivity index (χ2v) is 8.39. The Morgan fingerprint density at radius 1 is 1.23 bits per heavy atom. The minimum absolute atomic E-state index is 0.0102. The Kier molecular flexibility index (Phi) is 6.10. The van der Waals surface area contributed by atoms with Crippen LogP contribution in [0.3, 0.4) is 0 Å². The second kappa shape index (κ2) is 9.11. The lowest BCUT2D eigenvalue weighted by atomic mass is 10.1. The van der Waals surface area contributed by atoms with E-state index >= 15 is 0 Å². The highest BCUT2D eigenvalue weighted by Gasteiger charge is 2.15. The van der Waals surface area contributed by atoms with E-state index in [4.69, 9.17) is 4.52 Å². The minimum Gasteiger partial charge on any atom is -0.360 e. The van der Waals surface area contributed by atoms with Gasteiger partial charge in [0.1, 0.15) is 5.76 Å². The largest absolute Gasteiger partial charge is 0.360 e. The van der Waals surface area contributed by atoms with Crippen LogP contribution in [0.5, 0.6) is 0 Å². The molecule has 156 valence electrons. The van der Waals surface area contributed by atoms with Crippen LogP contribution in [0.4, 0.5) is 10.8 Å². The number of benzene rings is 2. The van der Waals surface area contributed by atoms with Gasteiger partial charge in [0, 0.05) is 34.0 Å². The molecule has 0 aliphatic rings. The number of nitro benzene ring substituents is 1. The van der Waals surface area contributed by atoms with E-state index in [1.54, 1.807) is 29.6 Å². The number of non-ortho nitro benzene ring substituents is 1. The minimum atomic E-state index is -0.451. The molecule has 2 aromatic heterocycles. The predicted octanol–water partition coefficient (Wildman–Crippen LogP) is 5.56. The quantitative estimate of drug-likeness (QED) is 0.222. The van der Waals surface area contributed by atoms with Gasteiger partial charge in [0.15, 0.2) is 5.13 Å². The molecule has 2 aromatic carbocycles. The van der Waals surface area contributed by atoms with Crippen molar-refractivity contribution in [3.63, 3.8) is 0 Å². The Bertz CT molecular complexity index is 1250. The van der Waals surface area contributed by atoms with Crippen LogP contribution in [0.15, 0.2) is 69.4 Å². The molecule has 4 rings (SSSR count). The number of thiazole rings is 1. The Hall–Kier alpha value is -3.50. The Morgan fingerprint density at radius 3 is 2.84 bits per heavy atom. The topological polar surface area (TPSA) is 111 Å². The summed E-state index contributed by atoms with van der Waals surface area (Å²) in [7, 11) is 0. The van der Waals surface area contributed by atoms with Crippen molar-refractivity contribution in [2.45, 2.75) is 17.6 Å². The fourth-order valence-corrected chi connectivity index (χ4v) is 4.46. The van der Waals surface area contributed by atoms with Crippen molar-refractivity contribution < 1.29 is 14.2 Å². The van der Waals surface area contributed by atoms with Gasteiger partial charge in [-0.05, 0) is 19.1 Å². The Balaban J connectivity index is 1.48. The van der Waals surface area contributed by atoms with Crippen LogP contribution >= 0.6 is 23.1 Å². The van der Waals surface area contributed by atoms with Crippen LogP contribution in [0.25, 0.3) is 11.3 Å². The lowest BCUT2D eigenvalue weighted by Gasteiger charge is -2.07. The predicted molar refractivity (Wildman–Crippen MR) is 119 cm³/mol. The zero-order valence-electron chi connectivity index (χ0n) is 16.3. The molecule has 0 saturated heterocycles. The molecule has 0 unspecified atom stereocenters. The van der Waals surface area contributed by atoms with Crippen LogP contribution in [0.2, 0.25) is 0 Å². The van der Waals surface area contributed by atoms with Gasteiger partial charge in [-0.1, -0.05) is 29.4 Å². The smallest absolute Gasteiger partial charge is 0.270 e. The molecule has 2 heterocycles. The van der Waals surface area contributed by atoms with Gasteiger partial charge in [0.25, 0.3) is 11.6 Å². The average Bonchev–Trinajstić information content (AvgIpc) is 3.41. The van der Waals surface area contributed by atoms with Crippen molar-refractivity contribution in [2.75, 3.05) is 5.32 Å². The van der Waals surface area contributed by atoms with E-state index in [0.717, 1.165) is 16.3 Å². The molecule has 0 atom stereocenters. The first-order chi connectivity index (χ1) is 15.0. The molecule has 0 fully saturated rings. The summed E-state index contributed by atoms with van der Waals surface area (Å²) < 4.78 is 5.23. The van der Waals surface area contributed by atoms with Crippen molar-refractivity contribution in [3.05, 3.63) is 87.1 Å². The third kappa shape index (κ3) is 4.98. The standard InChI is InChI=1S/C21H16N4O4S2/c1-13-9-16(29-24-13)11-30-19-8-3-2-7-17(19)20(26)23-21-22-18(12-31-21)14-5-4-6-15(10-14)25(27)28/h2-10,12H,11H2,1H3,(H,22,23,26). The van der Waals surface area contributed by atoms with Gasteiger partial charge in [0.2, 0.25) is 0 Å². The maximum absolute atomic E-state index is 12.9.